The van der Waals surface area contributed by atoms with E-state index in [0.29, 0.717) is 12.1 Å². The first-order chi connectivity index (χ1) is 8.51. The molecule has 0 bridgehead atoms. The molecular formula is C14H27N3O. The Morgan fingerprint density at radius 1 is 1.39 bits per heavy atom. The predicted octanol–water partition coefficient (Wildman–Crippen LogP) is 1.12. The SMILES string of the molecule is CC(CC1CCCCN1)N1CCNC(=O)C1(C)C. The molecule has 0 saturated carbocycles. The van der Waals surface area contributed by atoms with Crippen LogP contribution in [0.25, 0.3) is 0 Å². The average Bonchev–Trinajstić information content (AvgIpc) is 2.33. The van der Waals surface area contributed by atoms with E-state index in [1.54, 1.807) is 0 Å². The molecule has 2 rings (SSSR count). The van der Waals surface area contributed by atoms with Gasteiger partial charge >= 0.3 is 0 Å². The number of nitrogens with one attached hydrogen (secondary N) is 2. The van der Waals surface area contributed by atoms with Gasteiger partial charge in [-0.25, -0.2) is 0 Å². The number of piperidine rings is 1. The summed E-state index contributed by atoms with van der Waals surface area (Å²) in [6.07, 6.45) is 5.08. The largest absolute Gasteiger partial charge is 0.353 e. The minimum absolute atomic E-state index is 0.164. The summed E-state index contributed by atoms with van der Waals surface area (Å²) in [7, 11) is 0. The topological polar surface area (TPSA) is 44.4 Å². The number of carbonyl (C=O) groups is 1. The molecule has 0 spiro atoms. The van der Waals surface area contributed by atoms with Gasteiger partial charge in [0.05, 0.1) is 5.54 Å². The summed E-state index contributed by atoms with van der Waals surface area (Å²) in [4.78, 5) is 14.3. The van der Waals surface area contributed by atoms with Crippen LogP contribution in [0.1, 0.15) is 46.5 Å². The maximum Gasteiger partial charge on any atom is 0.240 e. The number of rotatable bonds is 3. The summed E-state index contributed by atoms with van der Waals surface area (Å²) in [6, 6.07) is 1.09. The molecule has 0 aromatic carbocycles. The van der Waals surface area contributed by atoms with E-state index >= 15 is 0 Å². The van der Waals surface area contributed by atoms with Crippen molar-refractivity contribution in [1.82, 2.24) is 15.5 Å². The van der Waals surface area contributed by atoms with Crippen LogP contribution in [0.15, 0.2) is 0 Å². The molecular weight excluding hydrogens is 226 g/mol. The molecule has 0 aromatic heterocycles. The fourth-order valence-electron chi connectivity index (χ4n) is 3.35. The molecule has 4 nitrogen and oxygen atoms in total. The fraction of sp³-hybridized carbons (Fsp3) is 0.929. The Bertz CT molecular complexity index is 297. The average molecular weight is 253 g/mol. The number of piperazine rings is 1. The van der Waals surface area contributed by atoms with Crippen LogP contribution in [-0.2, 0) is 4.79 Å². The third-order valence-corrected chi connectivity index (χ3v) is 4.48. The molecule has 1 amide bonds. The van der Waals surface area contributed by atoms with Crippen molar-refractivity contribution in [3.63, 3.8) is 0 Å². The van der Waals surface area contributed by atoms with Crippen molar-refractivity contribution in [1.29, 1.82) is 0 Å². The third kappa shape index (κ3) is 2.86. The van der Waals surface area contributed by atoms with E-state index in [1.165, 1.54) is 19.3 Å². The van der Waals surface area contributed by atoms with Crippen LogP contribution < -0.4 is 10.6 Å². The highest BCUT2D eigenvalue weighted by molar-refractivity contribution is 5.86. The summed E-state index contributed by atoms with van der Waals surface area (Å²) < 4.78 is 0. The van der Waals surface area contributed by atoms with Crippen molar-refractivity contribution in [3.8, 4) is 0 Å². The van der Waals surface area contributed by atoms with Gasteiger partial charge in [0.2, 0.25) is 5.91 Å². The summed E-state index contributed by atoms with van der Waals surface area (Å²) >= 11 is 0. The van der Waals surface area contributed by atoms with Crippen LogP contribution in [0.2, 0.25) is 0 Å². The standard InChI is InChI=1S/C14H27N3O/c1-11(10-12-6-4-5-7-15-12)17-9-8-16-13(18)14(17,2)3/h11-12,15H,4-10H2,1-3H3,(H,16,18). The van der Waals surface area contributed by atoms with E-state index in [2.05, 4.69) is 22.5 Å². The second-order valence-corrected chi connectivity index (χ2v) is 6.24. The zero-order valence-electron chi connectivity index (χ0n) is 12.0. The van der Waals surface area contributed by atoms with Gasteiger partial charge in [-0.15, -0.1) is 0 Å². The lowest BCUT2D eigenvalue weighted by molar-refractivity contribution is -0.137. The molecule has 0 aromatic rings. The Balaban J connectivity index is 1.94. The van der Waals surface area contributed by atoms with E-state index in [4.69, 9.17) is 0 Å². The van der Waals surface area contributed by atoms with Crippen LogP contribution in [-0.4, -0.2) is 48.1 Å². The Hall–Kier alpha value is -0.610. The highest BCUT2D eigenvalue weighted by Gasteiger charge is 2.40. The van der Waals surface area contributed by atoms with Gasteiger partial charge in [-0.3, -0.25) is 9.69 Å². The summed E-state index contributed by atoms with van der Waals surface area (Å²) in [6.45, 7) is 9.23. The second kappa shape index (κ2) is 5.57. The van der Waals surface area contributed by atoms with Crippen molar-refractivity contribution in [2.24, 2.45) is 0 Å². The maximum atomic E-state index is 12.0. The Kier molecular flexibility index (Phi) is 4.28. The van der Waals surface area contributed by atoms with Crippen molar-refractivity contribution < 1.29 is 4.79 Å². The van der Waals surface area contributed by atoms with Gasteiger partial charge in [-0.1, -0.05) is 6.42 Å². The number of hydrogen-bond donors (Lipinski definition) is 2. The molecule has 0 aliphatic carbocycles. The molecule has 18 heavy (non-hydrogen) atoms. The molecule has 2 aliphatic heterocycles. The third-order valence-electron chi connectivity index (χ3n) is 4.48. The van der Waals surface area contributed by atoms with Gasteiger partial charge in [0.15, 0.2) is 0 Å². The normalized spacial score (nSPS) is 30.8. The van der Waals surface area contributed by atoms with Crippen LogP contribution in [0.3, 0.4) is 0 Å². The molecule has 2 fully saturated rings. The Labute approximate surface area is 110 Å². The minimum atomic E-state index is -0.369. The predicted molar refractivity (Wildman–Crippen MR) is 73.5 cm³/mol. The molecule has 2 unspecified atom stereocenters. The van der Waals surface area contributed by atoms with Crippen molar-refractivity contribution in [2.75, 3.05) is 19.6 Å². The fourth-order valence-corrected chi connectivity index (χ4v) is 3.35. The lowest BCUT2D eigenvalue weighted by Crippen LogP contribution is -2.64. The van der Waals surface area contributed by atoms with Crippen molar-refractivity contribution >= 4 is 5.91 Å². The van der Waals surface area contributed by atoms with Gasteiger partial charge < -0.3 is 10.6 Å². The molecule has 2 heterocycles. The van der Waals surface area contributed by atoms with E-state index in [9.17, 15) is 4.79 Å². The quantitative estimate of drug-likeness (QED) is 0.792. The van der Waals surface area contributed by atoms with E-state index in [0.717, 1.165) is 26.1 Å². The summed E-state index contributed by atoms with van der Waals surface area (Å²) in [5, 5.41) is 6.56. The second-order valence-electron chi connectivity index (χ2n) is 6.24. The Morgan fingerprint density at radius 2 is 2.17 bits per heavy atom. The summed E-state index contributed by atoms with van der Waals surface area (Å²) in [5.41, 5.74) is -0.369. The molecule has 104 valence electrons. The minimum Gasteiger partial charge on any atom is -0.353 e. The summed E-state index contributed by atoms with van der Waals surface area (Å²) in [5.74, 6) is 0.164. The lowest BCUT2D eigenvalue weighted by Gasteiger charge is -2.45. The molecule has 0 radical (unpaired) electrons. The first-order valence-corrected chi connectivity index (χ1v) is 7.30. The van der Waals surface area contributed by atoms with Gasteiger partial charge in [0.1, 0.15) is 0 Å². The molecule has 2 aliphatic rings. The van der Waals surface area contributed by atoms with Crippen molar-refractivity contribution in [3.05, 3.63) is 0 Å². The highest BCUT2D eigenvalue weighted by Crippen LogP contribution is 2.24. The molecule has 2 atom stereocenters. The number of carbonyl (C=O) groups excluding carboxylic acids is 1. The van der Waals surface area contributed by atoms with Crippen molar-refractivity contribution in [2.45, 2.75) is 64.1 Å². The number of amides is 1. The zero-order chi connectivity index (χ0) is 13.2. The van der Waals surface area contributed by atoms with E-state index in [-0.39, 0.29) is 11.4 Å². The van der Waals surface area contributed by atoms with Crippen LogP contribution in [0.5, 0.6) is 0 Å². The number of hydrogen-bond acceptors (Lipinski definition) is 3. The highest BCUT2D eigenvalue weighted by atomic mass is 16.2. The molecule has 2 N–H and O–H groups in total. The van der Waals surface area contributed by atoms with Gasteiger partial charge in [0.25, 0.3) is 0 Å². The molecule has 4 heteroatoms. The van der Waals surface area contributed by atoms with E-state index < -0.39 is 0 Å². The smallest absolute Gasteiger partial charge is 0.240 e. The lowest BCUT2D eigenvalue weighted by atomic mass is 9.92. The maximum absolute atomic E-state index is 12.0. The van der Waals surface area contributed by atoms with Crippen LogP contribution >= 0.6 is 0 Å². The molecule has 2 saturated heterocycles. The van der Waals surface area contributed by atoms with E-state index in [1.807, 2.05) is 13.8 Å². The zero-order valence-corrected chi connectivity index (χ0v) is 12.0. The number of nitrogens with zero attached hydrogens (tertiary/aromatic N) is 1. The van der Waals surface area contributed by atoms with Gasteiger partial charge in [-0.05, 0) is 46.6 Å². The van der Waals surface area contributed by atoms with Gasteiger partial charge in [0, 0.05) is 25.2 Å². The first kappa shape index (κ1) is 13.8. The van der Waals surface area contributed by atoms with Crippen LogP contribution in [0.4, 0.5) is 0 Å². The van der Waals surface area contributed by atoms with Crippen LogP contribution in [0, 0.1) is 0 Å². The monoisotopic (exact) mass is 253 g/mol. The van der Waals surface area contributed by atoms with Gasteiger partial charge in [-0.2, -0.15) is 0 Å². The first-order valence-electron chi connectivity index (χ1n) is 7.30. The Morgan fingerprint density at radius 3 is 2.83 bits per heavy atom.